The van der Waals surface area contributed by atoms with Gasteiger partial charge < -0.3 is 9.15 Å². The third-order valence-electron chi connectivity index (χ3n) is 1.62. The molecule has 1 aliphatic heterocycles. The molecule has 1 atom stereocenters. The second-order valence-corrected chi connectivity index (χ2v) is 2.52. The molecule has 2 heterocycles. The number of hydrogen-bond donors (Lipinski definition) is 0. The van der Waals surface area contributed by atoms with Crippen molar-refractivity contribution in [1.82, 2.24) is 0 Å². The van der Waals surface area contributed by atoms with Gasteiger partial charge >= 0.3 is 0 Å². The molecule has 0 spiro atoms. The fourth-order valence-electron chi connectivity index (χ4n) is 1.03. The number of furan rings is 1. The molecule has 0 N–H and O–H groups in total. The number of nitrogens with zero attached hydrogens (tertiary/aromatic N) is 1. The van der Waals surface area contributed by atoms with Gasteiger partial charge in [-0.2, -0.15) is 0 Å². The third kappa shape index (κ3) is 1.20. The van der Waals surface area contributed by atoms with Crippen LogP contribution in [-0.4, -0.2) is 25.2 Å². The number of hydrogen-bond acceptors (Lipinski definition) is 3. The molecule has 0 amide bonds. The summed E-state index contributed by atoms with van der Waals surface area (Å²) in [7, 11) is 0. The maximum atomic E-state index is 12.1. The van der Waals surface area contributed by atoms with Crippen molar-refractivity contribution >= 4 is 5.90 Å². The van der Waals surface area contributed by atoms with E-state index in [2.05, 4.69) is 4.99 Å². The van der Waals surface area contributed by atoms with E-state index in [1.54, 1.807) is 12.1 Å². The van der Waals surface area contributed by atoms with Crippen LogP contribution in [0.5, 0.6) is 0 Å². The Labute approximate surface area is 68.9 Å². The molecule has 1 aliphatic rings. The van der Waals surface area contributed by atoms with Gasteiger partial charge in [-0.05, 0) is 12.1 Å². The van der Waals surface area contributed by atoms with Crippen molar-refractivity contribution in [3.8, 4) is 0 Å². The molecule has 0 aliphatic carbocycles. The zero-order valence-electron chi connectivity index (χ0n) is 6.37. The fraction of sp³-hybridized carbons (Fsp3) is 0.375. The monoisotopic (exact) mass is 169 g/mol. The predicted octanol–water partition coefficient (Wildman–Crippen LogP) is 1.39. The van der Waals surface area contributed by atoms with Crippen LogP contribution in [0.25, 0.3) is 0 Å². The summed E-state index contributed by atoms with van der Waals surface area (Å²) in [6.45, 7) is -0.125. The molecule has 0 aromatic carbocycles. The SMILES string of the molecule is FCC1CN=C(c2ccco2)O1. The number of alkyl halides is 1. The van der Waals surface area contributed by atoms with Crippen LogP contribution in [0.2, 0.25) is 0 Å². The van der Waals surface area contributed by atoms with Crippen molar-refractivity contribution in [1.29, 1.82) is 0 Å². The topological polar surface area (TPSA) is 34.7 Å². The Kier molecular flexibility index (Phi) is 1.81. The van der Waals surface area contributed by atoms with Gasteiger partial charge in [-0.25, -0.2) is 9.38 Å². The lowest BCUT2D eigenvalue weighted by atomic mass is 10.4. The Bertz CT molecular complexity index is 281. The van der Waals surface area contributed by atoms with Crippen molar-refractivity contribution in [2.24, 2.45) is 4.99 Å². The fourth-order valence-corrected chi connectivity index (χ4v) is 1.03. The minimum Gasteiger partial charge on any atom is -0.467 e. The molecule has 1 aromatic heterocycles. The molecule has 2 rings (SSSR count). The molecule has 1 unspecified atom stereocenters. The average Bonchev–Trinajstić information content (AvgIpc) is 2.75. The van der Waals surface area contributed by atoms with E-state index in [1.807, 2.05) is 0 Å². The van der Waals surface area contributed by atoms with E-state index < -0.39 is 12.8 Å². The first-order valence-corrected chi connectivity index (χ1v) is 3.71. The summed E-state index contributed by atoms with van der Waals surface area (Å²) in [4.78, 5) is 3.99. The normalized spacial score (nSPS) is 22.1. The van der Waals surface area contributed by atoms with Crippen molar-refractivity contribution in [2.45, 2.75) is 6.10 Å². The van der Waals surface area contributed by atoms with Gasteiger partial charge in [0.25, 0.3) is 5.90 Å². The molecular formula is C8H8FNO2. The largest absolute Gasteiger partial charge is 0.467 e. The Morgan fingerprint density at radius 3 is 3.17 bits per heavy atom. The van der Waals surface area contributed by atoms with E-state index in [0.29, 0.717) is 18.2 Å². The highest BCUT2D eigenvalue weighted by molar-refractivity contribution is 5.92. The Morgan fingerprint density at radius 1 is 1.67 bits per heavy atom. The van der Waals surface area contributed by atoms with Crippen molar-refractivity contribution in [3.63, 3.8) is 0 Å². The highest BCUT2D eigenvalue weighted by Crippen LogP contribution is 2.12. The van der Waals surface area contributed by atoms with Crippen LogP contribution in [0.3, 0.4) is 0 Å². The molecule has 0 radical (unpaired) electrons. The number of aliphatic imine (C=N–C) groups is 1. The molecule has 64 valence electrons. The molecule has 4 heteroatoms. The van der Waals surface area contributed by atoms with E-state index in [4.69, 9.17) is 9.15 Å². The smallest absolute Gasteiger partial charge is 0.253 e. The van der Waals surface area contributed by atoms with Crippen LogP contribution in [0, 0.1) is 0 Å². The van der Waals surface area contributed by atoms with Crippen LogP contribution in [0.1, 0.15) is 5.76 Å². The predicted molar refractivity (Wildman–Crippen MR) is 41.0 cm³/mol. The maximum Gasteiger partial charge on any atom is 0.253 e. The average molecular weight is 169 g/mol. The molecule has 12 heavy (non-hydrogen) atoms. The van der Waals surface area contributed by atoms with Gasteiger partial charge in [-0.3, -0.25) is 0 Å². The lowest BCUT2D eigenvalue weighted by Gasteiger charge is -2.03. The van der Waals surface area contributed by atoms with Gasteiger partial charge in [0.05, 0.1) is 12.8 Å². The molecule has 0 fully saturated rings. The Balaban J connectivity index is 2.09. The minimum absolute atomic E-state index is 0.381. The van der Waals surface area contributed by atoms with Crippen LogP contribution in [0.15, 0.2) is 27.8 Å². The van der Waals surface area contributed by atoms with Crippen molar-refractivity contribution in [2.75, 3.05) is 13.2 Å². The lowest BCUT2D eigenvalue weighted by molar-refractivity contribution is 0.181. The van der Waals surface area contributed by atoms with E-state index in [0.717, 1.165) is 0 Å². The molecular weight excluding hydrogens is 161 g/mol. The van der Waals surface area contributed by atoms with E-state index in [1.165, 1.54) is 6.26 Å². The summed E-state index contributed by atoms with van der Waals surface area (Å²) < 4.78 is 22.3. The van der Waals surface area contributed by atoms with Crippen LogP contribution >= 0.6 is 0 Å². The second kappa shape index (κ2) is 2.97. The summed E-state index contributed by atoms with van der Waals surface area (Å²) in [6, 6.07) is 3.48. The van der Waals surface area contributed by atoms with E-state index in [-0.39, 0.29) is 0 Å². The lowest BCUT2D eigenvalue weighted by Crippen LogP contribution is -2.15. The molecule has 3 nitrogen and oxygen atoms in total. The van der Waals surface area contributed by atoms with Gasteiger partial charge in [0.1, 0.15) is 12.8 Å². The van der Waals surface area contributed by atoms with Crippen molar-refractivity contribution < 1.29 is 13.5 Å². The summed E-state index contributed by atoms with van der Waals surface area (Å²) in [5.74, 6) is 0.966. The standard InChI is InChI=1S/C8H8FNO2/c9-4-6-5-10-8(12-6)7-2-1-3-11-7/h1-3,6H,4-5H2. The molecule has 1 aromatic rings. The summed E-state index contributed by atoms with van der Waals surface area (Å²) in [6.07, 6.45) is 1.11. The summed E-state index contributed by atoms with van der Waals surface area (Å²) in [5, 5.41) is 0. The zero-order chi connectivity index (χ0) is 8.39. The first-order valence-electron chi connectivity index (χ1n) is 3.71. The Morgan fingerprint density at radius 2 is 2.58 bits per heavy atom. The summed E-state index contributed by atoms with van der Waals surface area (Å²) in [5.41, 5.74) is 0. The summed E-state index contributed by atoms with van der Waals surface area (Å²) >= 11 is 0. The minimum atomic E-state index is -0.506. The van der Waals surface area contributed by atoms with Gasteiger partial charge in [-0.15, -0.1) is 0 Å². The quantitative estimate of drug-likeness (QED) is 0.670. The van der Waals surface area contributed by atoms with E-state index >= 15 is 0 Å². The van der Waals surface area contributed by atoms with Gasteiger partial charge in [0.15, 0.2) is 5.76 Å². The number of ether oxygens (including phenoxy) is 1. The van der Waals surface area contributed by atoms with E-state index in [9.17, 15) is 4.39 Å². The highest BCUT2D eigenvalue weighted by atomic mass is 19.1. The third-order valence-corrected chi connectivity index (χ3v) is 1.62. The first-order chi connectivity index (χ1) is 5.90. The molecule has 0 bridgehead atoms. The van der Waals surface area contributed by atoms with Gasteiger partial charge in [0.2, 0.25) is 0 Å². The number of rotatable bonds is 2. The van der Waals surface area contributed by atoms with Crippen LogP contribution in [-0.2, 0) is 4.74 Å². The number of halogens is 1. The van der Waals surface area contributed by atoms with Gasteiger partial charge in [0, 0.05) is 0 Å². The van der Waals surface area contributed by atoms with Gasteiger partial charge in [-0.1, -0.05) is 0 Å². The highest BCUT2D eigenvalue weighted by Gasteiger charge is 2.21. The van der Waals surface area contributed by atoms with Crippen LogP contribution in [0.4, 0.5) is 4.39 Å². The molecule has 0 saturated carbocycles. The van der Waals surface area contributed by atoms with Crippen LogP contribution < -0.4 is 0 Å². The maximum absolute atomic E-state index is 12.1. The molecule has 0 saturated heterocycles. The zero-order valence-corrected chi connectivity index (χ0v) is 6.37. The Hall–Kier alpha value is -1.32. The first kappa shape index (κ1) is 7.34. The van der Waals surface area contributed by atoms with Crippen molar-refractivity contribution in [3.05, 3.63) is 24.2 Å². The second-order valence-electron chi connectivity index (χ2n) is 2.52.